The fraction of sp³-hybridized carbons (Fsp3) is 1.00. The molecule has 0 spiro atoms. The third-order valence-corrected chi connectivity index (χ3v) is 13.5. The van der Waals surface area contributed by atoms with Crippen molar-refractivity contribution in [2.24, 2.45) is 34.5 Å². The predicted octanol–water partition coefficient (Wildman–Crippen LogP) is 7.14. The topological polar surface area (TPSA) is 77.4 Å². The summed E-state index contributed by atoms with van der Waals surface area (Å²) in [6, 6.07) is 0. The van der Waals surface area contributed by atoms with Crippen LogP contribution in [0.3, 0.4) is 0 Å². The average molecular weight is 577 g/mol. The molecule has 6 nitrogen and oxygen atoms in total. The van der Waals surface area contributed by atoms with Crippen molar-refractivity contribution >= 4 is 0 Å². The molecule has 2 saturated heterocycles. The highest BCUT2D eigenvalue weighted by molar-refractivity contribution is 5.14. The van der Waals surface area contributed by atoms with Gasteiger partial charge in [0.15, 0.2) is 12.6 Å². The van der Waals surface area contributed by atoms with Crippen molar-refractivity contribution in [1.29, 1.82) is 0 Å². The Morgan fingerprint density at radius 2 is 1.34 bits per heavy atom. The van der Waals surface area contributed by atoms with E-state index in [-0.39, 0.29) is 18.0 Å². The molecule has 2 unspecified atom stereocenters. The molecule has 10 atom stereocenters. The van der Waals surface area contributed by atoms with Crippen molar-refractivity contribution in [2.45, 2.75) is 160 Å². The van der Waals surface area contributed by atoms with Crippen molar-refractivity contribution in [3.05, 3.63) is 0 Å². The summed E-state index contributed by atoms with van der Waals surface area (Å²) in [4.78, 5) is 0. The minimum absolute atomic E-state index is 0.0240. The summed E-state index contributed by atoms with van der Waals surface area (Å²) in [5, 5.41) is 23.8. The van der Waals surface area contributed by atoms with E-state index < -0.39 is 11.2 Å². The first-order valence-electron chi connectivity index (χ1n) is 17.7. The second-order valence-corrected chi connectivity index (χ2v) is 15.7. The molecule has 2 heterocycles. The van der Waals surface area contributed by atoms with E-state index in [2.05, 4.69) is 13.8 Å². The minimum atomic E-state index is -0.561. The molecule has 0 aromatic rings. The van der Waals surface area contributed by atoms with Crippen LogP contribution in [0.5, 0.6) is 0 Å². The van der Waals surface area contributed by atoms with Crippen LogP contribution in [0.25, 0.3) is 0 Å². The lowest BCUT2D eigenvalue weighted by Gasteiger charge is -2.62. The van der Waals surface area contributed by atoms with Crippen LogP contribution in [-0.2, 0) is 18.9 Å². The zero-order chi connectivity index (χ0) is 28.6. The standard InChI is InChI=1S/C35H60O6/c1-32-19-20-34(36,15-7-23-40-30-9-3-5-21-38-30)25-26(32)11-12-27-28(32)13-17-33(2)29(27)14-18-35(33,37)16-8-24-41-31-10-4-6-22-39-31/h26-31,36-37H,3-25H2,1-2H3/t26-,27+,28-,29-,30?,31?,32-,33-,34-,35-/m0/s1. The second kappa shape index (κ2) is 12.6. The summed E-state index contributed by atoms with van der Waals surface area (Å²) >= 11 is 0. The summed E-state index contributed by atoms with van der Waals surface area (Å²) in [7, 11) is 0. The van der Waals surface area contributed by atoms with Gasteiger partial charge in [-0.3, -0.25) is 0 Å². The van der Waals surface area contributed by atoms with Gasteiger partial charge in [-0.25, -0.2) is 0 Å². The van der Waals surface area contributed by atoms with E-state index in [0.717, 1.165) is 109 Å². The van der Waals surface area contributed by atoms with Crippen LogP contribution in [0.1, 0.15) is 136 Å². The molecule has 41 heavy (non-hydrogen) atoms. The van der Waals surface area contributed by atoms with E-state index in [1.54, 1.807) is 0 Å². The molecule has 6 heteroatoms. The Kier molecular flexibility index (Phi) is 9.48. The lowest BCUT2D eigenvalue weighted by atomic mass is 9.43. The number of hydrogen-bond acceptors (Lipinski definition) is 6. The second-order valence-electron chi connectivity index (χ2n) is 15.7. The molecule has 2 N–H and O–H groups in total. The Morgan fingerprint density at radius 1 is 0.683 bits per heavy atom. The lowest BCUT2D eigenvalue weighted by Crippen LogP contribution is -2.58. The Hall–Kier alpha value is -0.240. The largest absolute Gasteiger partial charge is 0.390 e. The number of hydrogen-bond donors (Lipinski definition) is 2. The maximum absolute atomic E-state index is 12.1. The van der Waals surface area contributed by atoms with Gasteiger partial charge >= 0.3 is 0 Å². The molecular formula is C35H60O6. The van der Waals surface area contributed by atoms with E-state index in [9.17, 15) is 10.2 Å². The molecular weight excluding hydrogens is 516 g/mol. The lowest BCUT2D eigenvalue weighted by molar-refractivity contribution is -0.181. The van der Waals surface area contributed by atoms with Crippen molar-refractivity contribution in [1.82, 2.24) is 0 Å². The molecule has 2 aliphatic heterocycles. The summed E-state index contributed by atoms with van der Waals surface area (Å²) in [5.74, 6) is 2.72. The fourth-order valence-electron chi connectivity index (χ4n) is 11.0. The zero-order valence-electron chi connectivity index (χ0n) is 26.3. The fourth-order valence-corrected chi connectivity index (χ4v) is 11.0. The number of fused-ring (bicyclic) bond motifs is 5. The molecule has 4 saturated carbocycles. The molecule has 0 bridgehead atoms. The van der Waals surface area contributed by atoms with Gasteiger partial charge in [-0.2, -0.15) is 0 Å². The first kappa shape index (κ1) is 30.8. The van der Waals surface area contributed by atoms with E-state index in [1.807, 2.05) is 0 Å². The number of ether oxygens (including phenoxy) is 4. The first-order valence-corrected chi connectivity index (χ1v) is 17.7. The van der Waals surface area contributed by atoms with Crippen LogP contribution < -0.4 is 0 Å². The van der Waals surface area contributed by atoms with E-state index in [0.29, 0.717) is 30.5 Å². The highest BCUT2D eigenvalue weighted by atomic mass is 16.7. The summed E-state index contributed by atoms with van der Waals surface area (Å²) < 4.78 is 23.5. The predicted molar refractivity (Wildman–Crippen MR) is 159 cm³/mol. The van der Waals surface area contributed by atoms with Gasteiger partial charge in [-0.1, -0.05) is 13.8 Å². The van der Waals surface area contributed by atoms with Crippen LogP contribution >= 0.6 is 0 Å². The van der Waals surface area contributed by atoms with Crippen molar-refractivity contribution in [3.8, 4) is 0 Å². The molecule has 236 valence electrons. The highest BCUT2D eigenvalue weighted by Crippen LogP contribution is 2.69. The van der Waals surface area contributed by atoms with Crippen LogP contribution in [0, 0.1) is 34.5 Å². The quantitative estimate of drug-likeness (QED) is 0.269. The summed E-state index contributed by atoms with van der Waals surface area (Å²) in [5.41, 5.74) is -0.738. The molecule has 6 fully saturated rings. The highest BCUT2D eigenvalue weighted by Gasteiger charge is 2.64. The molecule has 4 aliphatic carbocycles. The van der Waals surface area contributed by atoms with Gasteiger partial charge in [-0.05, 0) is 156 Å². The van der Waals surface area contributed by atoms with Gasteiger partial charge in [-0.15, -0.1) is 0 Å². The SMILES string of the molecule is C[C@]12CC[C@@](O)(CCCOC3CCCCO3)C[C@@H]1CC[C@@H]1[C@@H]2CC[C@@]2(C)[C@H]1CC[C@@]2(O)CCCOC1CCCCO1. The van der Waals surface area contributed by atoms with Gasteiger partial charge < -0.3 is 29.2 Å². The van der Waals surface area contributed by atoms with E-state index in [1.165, 1.54) is 38.5 Å². The number of rotatable bonds is 10. The maximum Gasteiger partial charge on any atom is 0.157 e. The van der Waals surface area contributed by atoms with Gasteiger partial charge in [0.1, 0.15) is 0 Å². The van der Waals surface area contributed by atoms with Crippen molar-refractivity contribution in [3.63, 3.8) is 0 Å². The van der Waals surface area contributed by atoms with E-state index in [4.69, 9.17) is 18.9 Å². The van der Waals surface area contributed by atoms with Crippen molar-refractivity contribution < 1.29 is 29.2 Å². The van der Waals surface area contributed by atoms with Gasteiger partial charge in [0.25, 0.3) is 0 Å². The van der Waals surface area contributed by atoms with Gasteiger partial charge in [0.2, 0.25) is 0 Å². The molecule has 0 radical (unpaired) electrons. The van der Waals surface area contributed by atoms with Gasteiger partial charge in [0.05, 0.1) is 11.2 Å². The van der Waals surface area contributed by atoms with Crippen LogP contribution in [-0.4, -0.2) is 60.4 Å². The Labute approximate surface area is 249 Å². The minimum Gasteiger partial charge on any atom is -0.390 e. The smallest absolute Gasteiger partial charge is 0.157 e. The number of aliphatic hydroxyl groups is 2. The summed E-state index contributed by atoms with van der Waals surface area (Å²) in [6.07, 6.45) is 20.3. The Morgan fingerprint density at radius 3 is 2.00 bits per heavy atom. The molecule has 0 aromatic carbocycles. The van der Waals surface area contributed by atoms with Gasteiger partial charge in [0, 0.05) is 26.4 Å². The van der Waals surface area contributed by atoms with Crippen LogP contribution in [0.2, 0.25) is 0 Å². The van der Waals surface area contributed by atoms with E-state index >= 15 is 0 Å². The third-order valence-electron chi connectivity index (χ3n) is 13.5. The van der Waals surface area contributed by atoms with Crippen LogP contribution in [0.4, 0.5) is 0 Å². The first-order chi connectivity index (χ1) is 19.7. The van der Waals surface area contributed by atoms with Crippen LogP contribution in [0.15, 0.2) is 0 Å². The molecule has 6 rings (SSSR count). The zero-order valence-corrected chi connectivity index (χ0v) is 26.3. The monoisotopic (exact) mass is 576 g/mol. The molecule has 0 aromatic heterocycles. The normalized spacial score (nSPS) is 48.3. The molecule has 0 amide bonds. The summed E-state index contributed by atoms with van der Waals surface area (Å²) in [6.45, 7) is 8.04. The average Bonchev–Trinajstić information content (AvgIpc) is 3.25. The Bertz CT molecular complexity index is 856. The maximum atomic E-state index is 12.1. The third kappa shape index (κ3) is 6.18. The van der Waals surface area contributed by atoms with Crippen molar-refractivity contribution in [2.75, 3.05) is 26.4 Å². The molecule has 6 aliphatic rings. The Balaban J connectivity index is 1.01.